The molecule has 2 amide bonds. The van der Waals surface area contributed by atoms with Crippen molar-refractivity contribution in [3.8, 4) is 0 Å². The molecule has 0 saturated carbocycles. The molecule has 22 heavy (non-hydrogen) atoms. The molecule has 1 aromatic heterocycles. The molecule has 3 heterocycles. The molecule has 118 valence electrons. The average molecular weight is 301 g/mol. The van der Waals surface area contributed by atoms with Crippen molar-refractivity contribution in [2.45, 2.75) is 38.6 Å². The molecule has 5 heteroatoms. The minimum Gasteiger partial charge on any atom is -0.342 e. The second-order valence-electron chi connectivity index (χ2n) is 6.27. The minimum atomic E-state index is -0.0416. The lowest BCUT2D eigenvalue weighted by Gasteiger charge is -2.35. The third kappa shape index (κ3) is 2.98. The Kier molecular flexibility index (Phi) is 4.41. The smallest absolute Gasteiger partial charge is 0.227 e. The van der Waals surface area contributed by atoms with Gasteiger partial charge in [0.1, 0.15) is 0 Å². The lowest BCUT2D eigenvalue weighted by Crippen LogP contribution is -2.46. The van der Waals surface area contributed by atoms with Gasteiger partial charge < -0.3 is 9.80 Å². The summed E-state index contributed by atoms with van der Waals surface area (Å²) >= 11 is 0. The topological polar surface area (TPSA) is 53.5 Å². The number of pyridine rings is 1. The summed E-state index contributed by atoms with van der Waals surface area (Å²) in [4.78, 5) is 32.4. The number of hydrogen-bond donors (Lipinski definition) is 0. The van der Waals surface area contributed by atoms with E-state index < -0.39 is 0 Å². The second-order valence-corrected chi connectivity index (χ2v) is 6.27. The highest BCUT2D eigenvalue weighted by Crippen LogP contribution is 2.34. The van der Waals surface area contributed by atoms with E-state index in [1.807, 2.05) is 21.9 Å². The monoisotopic (exact) mass is 301 g/mol. The van der Waals surface area contributed by atoms with Crippen molar-refractivity contribution in [3.05, 3.63) is 30.1 Å². The van der Waals surface area contributed by atoms with Crippen LogP contribution in [-0.4, -0.2) is 46.2 Å². The summed E-state index contributed by atoms with van der Waals surface area (Å²) in [6.07, 6.45) is 7.44. The number of carbonyl (C=O) groups is 2. The minimum absolute atomic E-state index is 0.0416. The Bertz CT molecular complexity index is 546. The fourth-order valence-electron chi connectivity index (χ4n) is 3.66. The lowest BCUT2D eigenvalue weighted by molar-refractivity contribution is -0.140. The SMILES string of the molecule is CC(=O)N1CCC[C@@H](C(=O)N2CCC[C@@H]2c2ccncc2)C1. The Morgan fingerprint density at radius 1 is 1.14 bits per heavy atom. The number of amides is 2. The van der Waals surface area contributed by atoms with E-state index in [1.54, 1.807) is 19.3 Å². The molecule has 0 radical (unpaired) electrons. The van der Waals surface area contributed by atoms with Crippen LogP contribution in [0.4, 0.5) is 0 Å². The van der Waals surface area contributed by atoms with Gasteiger partial charge in [-0.05, 0) is 43.4 Å². The Morgan fingerprint density at radius 2 is 1.86 bits per heavy atom. The van der Waals surface area contributed by atoms with E-state index in [0.29, 0.717) is 6.54 Å². The van der Waals surface area contributed by atoms with E-state index in [-0.39, 0.29) is 23.8 Å². The van der Waals surface area contributed by atoms with Crippen LogP contribution in [0.2, 0.25) is 0 Å². The number of rotatable bonds is 2. The third-order valence-corrected chi connectivity index (χ3v) is 4.84. The van der Waals surface area contributed by atoms with E-state index in [4.69, 9.17) is 0 Å². The number of carbonyl (C=O) groups excluding carboxylic acids is 2. The summed E-state index contributed by atoms with van der Waals surface area (Å²) in [5.74, 6) is 0.245. The second kappa shape index (κ2) is 6.46. The molecule has 0 N–H and O–H groups in total. The maximum atomic E-state index is 12.9. The Hall–Kier alpha value is -1.91. The molecule has 0 unspecified atom stereocenters. The zero-order valence-corrected chi connectivity index (χ0v) is 13.1. The van der Waals surface area contributed by atoms with Crippen LogP contribution in [0.1, 0.15) is 44.2 Å². The van der Waals surface area contributed by atoms with Gasteiger partial charge in [-0.3, -0.25) is 14.6 Å². The molecule has 0 bridgehead atoms. The van der Waals surface area contributed by atoms with Gasteiger partial charge in [0.2, 0.25) is 11.8 Å². The molecule has 2 aliphatic heterocycles. The molecule has 2 saturated heterocycles. The molecular weight excluding hydrogens is 278 g/mol. The van der Waals surface area contributed by atoms with Gasteiger partial charge in [0.05, 0.1) is 12.0 Å². The number of nitrogens with zero attached hydrogens (tertiary/aromatic N) is 3. The van der Waals surface area contributed by atoms with Gasteiger partial charge in [0.15, 0.2) is 0 Å². The maximum absolute atomic E-state index is 12.9. The van der Waals surface area contributed by atoms with Gasteiger partial charge in [0.25, 0.3) is 0 Å². The molecule has 2 atom stereocenters. The molecule has 1 aromatic rings. The van der Waals surface area contributed by atoms with Crippen molar-refractivity contribution in [2.75, 3.05) is 19.6 Å². The number of hydrogen-bond acceptors (Lipinski definition) is 3. The fraction of sp³-hybridized carbons (Fsp3) is 0.588. The van der Waals surface area contributed by atoms with Crippen LogP contribution in [-0.2, 0) is 9.59 Å². The number of piperidine rings is 1. The highest BCUT2D eigenvalue weighted by atomic mass is 16.2. The van der Waals surface area contributed by atoms with Gasteiger partial charge in [-0.1, -0.05) is 0 Å². The Balaban J connectivity index is 1.72. The summed E-state index contributed by atoms with van der Waals surface area (Å²) < 4.78 is 0. The highest BCUT2D eigenvalue weighted by molar-refractivity contribution is 5.81. The molecule has 2 aliphatic rings. The van der Waals surface area contributed by atoms with Crippen LogP contribution in [0.15, 0.2) is 24.5 Å². The quantitative estimate of drug-likeness (QED) is 0.839. The van der Waals surface area contributed by atoms with Crippen LogP contribution in [0.3, 0.4) is 0 Å². The van der Waals surface area contributed by atoms with Crippen molar-refractivity contribution in [3.63, 3.8) is 0 Å². The average Bonchev–Trinajstić information content (AvgIpc) is 3.04. The first-order chi connectivity index (χ1) is 10.7. The van der Waals surface area contributed by atoms with Crippen LogP contribution in [0, 0.1) is 5.92 Å². The standard InChI is InChI=1S/C17H23N3O2/c1-13(21)19-10-2-4-15(12-19)17(22)20-11-3-5-16(20)14-6-8-18-9-7-14/h6-9,15-16H,2-5,10-12H2,1H3/t15-,16-/m1/s1. The zero-order valence-electron chi connectivity index (χ0n) is 13.1. The van der Waals surface area contributed by atoms with E-state index in [0.717, 1.165) is 38.8 Å². The van der Waals surface area contributed by atoms with E-state index in [9.17, 15) is 9.59 Å². The molecule has 3 rings (SSSR count). The fourth-order valence-corrected chi connectivity index (χ4v) is 3.66. The Labute approximate surface area is 131 Å². The van der Waals surface area contributed by atoms with Crippen LogP contribution < -0.4 is 0 Å². The lowest BCUT2D eigenvalue weighted by atomic mass is 9.95. The predicted octanol–water partition coefficient (Wildman–Crippen LogP) is 2.00. The molecule has 2 fully saturated rings. The van der Waals surface area contributed by atoms with Crippen LogP contribution >= 0.6 is 0 Å². The van der Waals surface area contributed by atoms with Crippen LogP contribution in [0.5, 0.6) is 0 Å². The van der Waals surface area contributed by atoms with E-state index in [1.165, 1.54) is 5.56 Å². The Morgan fingerprint density at radius 3 is 2.59 bits per heavy atom. The number of likely N-dealkylation sites (tertiary alicyclic amines) is 2. The predicted molar refractivity (Wildman–Crippen MR) is 82.9 cm³/mol. The summed E-state index contributed by atoms with van der Waals surface area (Å²) in [5.41, 5.74) is 1.17. The van der Waals surface area contributed by atoms with Crippen molar-refractivity contribution in [1.82, 2.24) is 14.8 Å². The molecule has 0 aromatic carbocycles. The zero-order chi connectivity index (χ0) is 15.5. The highest BCUT2D eigenvalue weighted by Gasteiger charge is 2.36. The summed E-state index contributed by atoms with van der Waals surface area (Å²) in [6, 6.07) is 4.17. The molecular formula is C17H23N3O2. The summed E-state index contributed by atoms with van der Waals surface area (Å²) in [6.45, 7) is 3.77. The van der Waals surface area contributed by atoms with Gasteiger partial charge in [-0.25, -0.2) is 0 Å². The van der Waals surface area contributed by atoms with E-state index >= 15 is 0 Å². The largest absolute Gasteiger partial charge is 0.342 e. The van der Waals surface area contributed by atoms with Crippen molar-refractivity contribution < 1.29 is 9.59 Å². The van der Waals surface area contributed by atoms with Crippen LogP contribution in [0.25, 0.3) is 0 Å². The van der Waals surface area contributed by atoms with Crippen molar-refractivity contribution >= 4 is 11.8 Å². The first kappa shape index (κ1) is 15.0. The van der Waals surface area contributed by atoms with Gasteiger partial charge in [-0.15, -0.1) is 0 Å². The normalized spacial score (nSPS) is 25.3. The molecule has 0 spiro atoms. The van der Waals surface area contributed by atoms with Crippen molar-refractivity contribution in [2.24, 2.45) is 5.92 Å². The summed E-state index contributed by atoms with van der Waals surface area (Å²) in [5, 5.41) is 0. The van der Waals surface area contributed by atoms with Gasteiger partial charge >= 0.3 is 0 Å². The van der Waals surface area contributed by atoms with Gasteiger partial charge in [0, 0.05) is 39.0 Å². The van der Waals surface area contributed by atoms with Crippen molar-refractivity contribution in [1.29, 1.82) is 0 Å². The first-order valence-corrected chi connectivity index (χ1v) is 8.12. The third-order valence-electron chi connectivity index (χ3n) is 4.84. The summed E-state index contributed by atoms with van der Waals surface area (Å²) in [7, 11) is 0. The maximum Gasteiger partial charge on any atom is 0.227 e. The van der Waals surface area contributed by atoms with Gasteiger partial charge in [-0.2, -0.15) is 0 Å². The number of aromatic nitrogens is 1. The molecule has 0 aliphatic carbocycles. The molecule has 5 nitrogen and oxygen atoms in total. The van der Waals surface area contributed by atoms with E-state index in [2.05, 4.69) is 4.98 Å². The first-order valence-electron chi connectivity index (χ1n) is 8.12.